The topological polar surface area (TPSA) is 79.9 Å². The van der Waals surface area contributed by atoms with Crippen molar-refractivity contribution >= 4 is 28.8 Å². The number of rotatable bonds is 8. The van der Waals surface area contributed by atoms with Crippen LogP contribution in [-0.2, 0) is 6.18 Å². The molecule has 3 heterocycles. The van der Waals surface area contributed by atoms with Crippen LogP contribution in [0, 0.1) is 11.3 Å². The Morgan fingerprint density at radius 1 is 1.13 bits per heavy atom. The number of carbonyl (C=O) groups is 1. The molecular formula is C26H31F3N6O2S. The van der Waals surface area contributed by atoms with E-state index < -0.39 is 22.8 Å². The van der Waals surface area contributed by atoms with E-state index in [2.05, 4.69) is 15.0 Å². The Bertz CT molecular complexity index is 1190. The molecule has 1 aromatic carbocycles. The maximum atomic E-state index is 13.5. The minimum Gasteiger partial charge on any atom is -0.351 e. The van der Waals surface area contributed by atoms with Crippen molar-refractivity contribution in [3.05, 3.63) is 47.3 Å². The van der Waals surface area contributed by atoms with Crippen LogP contribution >= 0.6 is 12.2 Å². The van der Waals surface area contributed by atoms with Crippen LogP contribution in [0.5, 0.6) is 0 Å². The zero-order valence-electron chi connectivity index (χ0n) is 21.5. The molecule has 38 heavy (non-hydrogen) atoms. The highest BCUT2D eigenvalue weighted by Gasteiger charge is 2.43. The first-order valence-electron chi connectivity index (χ1n) is 12.6. The minimum absolute atomic E-state index is 0.127. The number of anilines is 1. The van der Waals surface area contributed by atoms with Gasteiger partial charge in [-0.15, -0.1) is 0 Å². The maximum absolute atomic E-state index is 13.5. The highest BCUT2D eigenvalue weighted by Crippen LogP contribution is 2.37. The van der Waals surface area contributed by atoms with Gasteiger partial charge in [-0.2, -0.15) is 18.4 Å². The van der Waals surface area contributed by atoms with Crippen LogP contribution in [0.3, 0.4) is 0 Å². The Morgan fingerprint density at radius 2 is 1.84 bits per heavy atom. The second-order valence-electron chi connectivity index (χ2n) is 10.1. The summed E-state index contributed by atoms with van der Waals surface area (Å²) in [5.74, 6) is 0.138. The van der Waals surface area contributed by atoms with E-state index in [0.717, 1.165) is 51.5 Å². The Morgan fingerprint density at radius 3 is 2.47 bits per heavy atom. The van der Waals surface area contributed by atoms with Crippen LogP contribution in [0.1, 0.15) is 54.8 Å². The van der Waals surface area contributed by atoms with Crippen molar-refractivity contribution in [3.8, 4) is 6.07 Å². The van der Waals surface area contributed by atoms with Crippen LogP contribution in [0.4, 0.5) is 18.9 Å². The van der Waals surface area contributed by atoms with Crippen molar-refractivity contribution in [2.75, 3.05) is 50.8 Å². The van der Waals surface area contributed by atoms with Crippen molar-refractivity contribution in [3.63, 3.8) is 0 Å². The average Bonchev–Trinajstić information content (AvgIpc) is 3.50. The number of carbonyl (C=O) groups excluding carboxylic acids is 1. The van der Waals surface area contributed by atoms with Crippen molar-refractivity contribution in [2.24, 2.45) is 0 Å². The number of nitrogens with zero attached hydrogens (tertiary/aromatic N) is 6. The van der Waals surface area contributed by atoms with E-state index in [1.165, 1.54) is 18.3 Å². The summed E-state index contributed by atoms with van der Waals surface area (Å²) in [5.41, 5.74) is -1.48. The molecule has 0 unspecified atom stereocenters. The summed E-state index contributed by atoms with van der Waals surface area (Å²) in [6.45, 7) is 9.03. The molecule has 0 N–H and O–H groups in total. The largest absolute Gasteiger partial charge is 0.417 e. The number of amides is 1. The van der Waals surface area contributed by atoms with Gasteiger partial charge in [-0.1, -0.05) is 23.8 Å². The van der Waals surface area contributed by atoms with Gasteiger partial charge >= 0.3 is 6.18 Å². The number of alkyl halides is 3. The Hall–Kier alpha value is -3.01. The third kappa shape index (κ3) is 6.00. The molecule has 0 atom stereocenters. The molecule has 1 amide bonds. The van der Waals surface area contributed by atoms with E-state index in [1.54, 1.807) is 21.9 Å². The quantitative estimate of drug-likeness (QED) is 0.355. The monoisotopic (exact) mass is 548 g/mol. The normalized spacial score (nSPS) is 18.7. The zero-order chi connectivity index (χ0) is 27.5. The van der Waals surface area contributed by atoms with E-state index >= 15 is 0 Å². The van der Waals surface area contributed by atoms with Gasteiger partial charge in [-0.05, 0) is 51.4 Å². The average molecular weight is 549 g/mol. The Balaban J connectivity index is 1.24. The molecule has 0 radical (unpaired) electrons. The van der Waals surface area contributed by atoms with Gasteiger partial charge < -0.3 is 14.3 Å². The van der Waals surface area contributed by atoms with Gasteiger partial charge in [0, 0.05) is 44.5 Å². The third-order valence-corrected chi connectivity index (χ3v) is 8.04. The maximum Gasteiger partial charge on any atom is 0.417 e. The van der Waals surface area contributed by atoms with Gasteiger partial charge in [-0.3, -0.25) is 14.6 Å². The summed E-state index contributed by atoms with van der Waals surface area (Å²) in [6.07, 6.45) is -0.190. The summed E-state index contributed by atoms with van der Waals surface area (Å²) in [6, 6.07) is 6.95. The van der Waals surface area contributed by atoms with Crippen molar-refractivity contribution in [1.82, 2.24) is 19.9 Å². The van der Waals surface area contributed by atoms with E-state index in [4.69, 9.17) is 22.0 Å². The fraction of sp³-hybridized carbons (Fsp3) is 0.538. The number of hydrogen-bond acceptors (Lipinski definition) is 7. The molecule has 2 saturated heterocycles. The van der Waals surface area contributed by atoms with Crippen molar-refractivity contribution < 1.29 is 22.5 Å². The molecule has 0 bridgehead atoms. The molecule has 8 nitrogen and oxygen atoms in total. The van der Waals surface area contributed by atoms with Crippen LogP contribution in [0.15, 0.2) is 35.0 Å². The Kier molecular flexibility index (Phi) is 8.40. The molecule has 0 aliphatic carbocycles. The molecule has 2 aromatic rings. The summed E-state index contributed by atoms with van der Waals surface area (Å²) in [7, 11) is 0. The smallest absolute Gasteiger partial charge is 0.351 e. The van der Waals surface area contributed by atoms with Crippen molar-refractivity contribution in [2.45, 2.75) is 44.8 Å². The number of benzene rings is 1. The zero-order valence-corrected chi connectivity index (χ0v) is 22.3. The first kappa shape index (κ1) is 28.0. The second-order valence-corrected chi connectivity index (χ2v) is 10.5. The number of halogens is 3. The first-order valence-corrected chi connectivity index (χ1v) is 13.0. The number of thiocarbonyl (C=S) groups is 1. The Labute approximate surface area is 225 Å². The van der Waals surface area contributed by atoms with Crippen LogP contribution in [0.2, 0.25) is 0 Å². The molecular weight excluding hydrogens is 517 g/mol. The van der Waals surface area contributed by atoms with Crippen molar-refractivity contribution in [1.29, 1.82) is 5.26 Å². The first-order chi connectivity index (χ1) is 18.0. The standard InChI is InChI=1S/C26H31F3N6O2S/c1-25(2)24(38)35(20-7-6-19(17-30)21(16-20)26(27,28)29)18-34(25)11-5-3-4-10-32-12-14-33(15-13-32)23(36)22-8-9-31-37-22/h6-9,16H,3-5,10-15,18H2,1-2H3. The van der Waals surface area contributed by atoms with E-state index in [0.29, 0.717) is 30.4 Å². The lowest BCUT2D eigenvalue weighted by Crippen LogP contribution is -2.48. The summed E-state index contributed by atoms with van der Waals surface area (Å²) >= 11 is 5.67. The number of piperazine rings is 1. The van der Waals surface area contributed by atoms with Gasteiger partial charge in [0.05, 0.1) is 35.6 Å². The summed E-state index contributed by atoms with van der Waals surface area (Å²) in [4.78, 5) is 21.0. The highest BCUT2D eigenvalue weighted by molar-refractivity contribution is 7.80. The molecule has 1 aromatic heterocycles. The predicted octanol–water partition coefficient (Wildman–Crippen LogP) is 4.38. The SMILES string of the molecule is CC1(C)C(=S)N(c2ccc(C#N)c(C(F)(F)F)c2)CN1CCCCCN1CCN(C(=O)c2ccno2)CC1. The van der Waals surface area contributed by atoms with Gasteiger partial charge in [0.25, 0.3) is 5.91 Å². The fourth-order valence-corrected chi connectivity index (χ4v) is 5.22. The van der Waals surface area contributed by atoms with E-state index in [-0.39, 0.29) is 11.7 Å². The van der Waals surface area contributed by atoms with Gasteiger partial charge in [0.1, 0.15) is 4.99 Å². The van der Waals surface area contributed by atoms with Gasteiger partial charge in [0.15, 0.2) is 0 Å². The van der Waals surface area contributed by atoms with E-state index in [9.17, 15) is 18.0 Å². The highest BCUT2D eigenvalue weighted by atomic mass is 32.1. The van der Waals surface area contributed by atoms with Gasteiger partial charge in [-0.25, -0.2) is 0 Å². The van der Waals surface area contributed by atoms with Crippen LogP contribution in [0.25, 0.3) is 0 Å². The van der Waals surface area contributed by atoms with Gasteiger partial charge in [0.2, 0.25) is 5.76 Å². The lowest BCUT2D eigenvalue weighted by Gasteiger charge is -2.34. The third-order valence-electron chi connectivity index (χ3n) is 7.32. The fourth-order valence-electron chi connectivity index (χ4n) is 4.93. The molecule has 12 heteroatoms. The lowest BCUT2D eigenvalue weighted by atomic mass is 10.0. The minimum atomic E-state index is -4.61. The molecule has 4 rings (SSSR count). The van der Waals surface area contributed by atoms with E-state index in [1.807, 2.05) is 13.8 Å². The van der Waals surface area contributed by atoms with Crippen LogP contribution in [-0.4, -0.2) is 82.2 Å². The predicted molar refractivity (Wildman–Crippen MR) is 140 cm³/mol. The number of aromatic nitrogens is 1. The number of nitriles is 1. The molecule has 2 aliphatic heterocycles. The number of hydrogen-bond donors (Lipinski definition) is 0. The summed E-state index contributed by atoms with van der Waals surface area (Å²) in [5, 5.41) is 12.7. The van der Waals surface area contributed by atoms with Crippen LogP contribution < -0.4 is 4.90 Å². The lowest BCUT2D eigenvalue weighted by molar-refractivity contribution is -0.137. The number of unbranched alkanes of at least 4 members (excludes halogenated alkanes) is 2. The molecule has 0 spiro atoms. The molecule has 204 valence electrons. The second kappa shape index (κ2) is 11.4. The molecule has 2 aliphatic rings. The summed E-state index contributed by atoms with van der Waals surface area (Å²) < 4.78 is 45.4. The molecule has 2 fully saturated rings. The molecule has 0 saturated carbocycles.